The Bertz CT molecular complexity index is 1510. The predicted octanol–water partition coefficient (Wildman–Crippen LogP) is 0.623. The molecule has 6 rings (SSSR count). The Kier molecular flexibility index (Phi) is 4.74. The summed E-state index contributed by atoms with van der Waals surface area (Å²) in [7, 11) is 0. The van der Waals surface area contributed by atoms with Gasteiger partial charge in [0.1, 0.15) is 19.0 Å². The van der Waals surface area contributed by atoms with Crippen LogP contribution in [0.1, 0.15) is 41.2 Å². The van der Waals surface area contributed by atoms with Crippen molar-refractivity contribution in [1.82, 2.24) is 14.9 Å². The highest BCUT2D eigenvalue weighted by Gasteiger charge is 2.45. The lowest BCUT2D eigenvalue weighted by Crippen LogP contribution is -2.44. The highest BCUT2D eigenvalue weighted by molar-refractivity contribution is 5.91. The number of cyclic esters (lactones) is 1. The molecule has 0 bridgehead atoms. The molecule has 35 heavy (non-hydrogen) atoms. The highest BCUT2D eigenvalue weighted by atomic mass is 16.6. The van der Waals surface area contributed by atoms with Crippen molar-refractivity contribution in [1.29, 1.82) is 0 Å². The van der Waals surface area contributed by atoms with Crippen molar-refractivity contribution < 1.29 is 29.3 Å². The Hall–Kier alpha value is -3.76. The summed E-state index contributed by atoms with van der Waals surface area (Å²) in [5.74, 6) is -0.541. The molecule has 1 atom stereocenters. The van der Waals surface area contributed by atoms with E-state index in [1.54, 1.807) is 17.6 Å². The molecule has 10 heteroatoms. The van der Waals surface area contributed by atoms with Crippen molar-refractivity contribution >= 4 is 22.8 Å². The van der Waals surface area contributed by atoms with E-state index in [0.29, 0.717) is 23.5 Å². The quantitative estimate of drug-likeness (QED) is 0.364. The number of hydrogen-bond donors (Lipinski definition) is 3. The van der Waals surface area contributed by atoms with E-state index in [1.165, 1.54) is 0 Å². The van der Waals surface area contributed by atoms with Crippen molar-refractivity contribution in [3.05, 3.63) is 56.4 Å². The summed E-state index contributed by atoms with van der Waals surface area (Å²) in [6, 6.07) is 5.52. The second-order valence-electron chi connectivity index (χ2n) is 9.03. The van der Waals surface area contributed by atoms with Gasteiger partial charge < -0.3 is 29.6 Å². The zero-order valence-electron chi connectivity index (χ0n) is 19.0. The van der Waals surface area contributed by atoms with Gasteiger partial charge in [-0.1, -0.05) is 6.92 Å². The summed E-state index contributed by atoms with van der Waals surface area (Å²) < 4.78 is 12.4. The normalized spacial score (nSPS) is 19.5. The number of aliphatic hydroxyl groups excluding tert-OH is 1. The van der Waals surface area contributed by atoms with E-state index in [1.807, 2.05) is 12.1 Å². The molecule has 1 aromatic carbocycles. The monoisotopic (exact) mass is 477 g/mol. The lowest BCUT2D eigenvalue weighted by Gasteiger charge is -2.31. The summed E-state index contributed by atoms with van der Waals surface area (Å²) in [6.45, 7) is 1.76. The molecule has 3 aliphatic heterocycles. The van der Waals surface area contributed by atoms with Crippen LogP contribution in [0, 0.1) is 0 Å². The van der Waals surface area contributed by atoms with Crippen molar-refractivity contribution in [2.45, 2.75) is 45.1 Å². The van der Waals surface area contributed by atoms with Crippen LogP contribution in [-0.4, -0.2) is 44.9 Å². The Morgan fingerprint density at radius 1 is 1.23 bits per heavy atom. The molecule has 2 aromatic heterocycles. The second-order valence-corrected chi connectivity index (χ2v) is 9.03. The van der Waals surface area contributed by atoms with E-state index < -0.39 is 24.1 Å². The molecule has 0 fully saturated rings. The summed E-state index contributed by atoms with van der Waals surface area (Å²) in [5, 5.41) is 23.8. The van der Waals surface area contributed by atoms with Crippen LogP contribution < -0.4 is 15.6 Å². The molecule has 10 nitrogen and oxygen atoms in total. The fourth-order valence-corrected chi connectivity index (χ4v) is 5.28. The van der Waals surface area contributed by atoms with E-state index >= 15 is 0 Å². The first-order valence-electron chi connectivity index (χ1n) is 11.5. The largest absolute Gasteiger partial charge is 0.493 e. The predicted molar refractivity (Wildman–Crippen MR) is 123 cm³/mol. The number of aromatic nitrogens is 2. The molecular formula is C25H23N3O7. The summed E-state index contributed by atoms with van der Waals surface area (Å²) in [4.78, 5) is 42.6. The Balaban J connectivity index is 1.60. The molecular weight excluding hydrogens is 454 g/mol. The van der Waals surface area contributed by atoms with Crippen molar-refractivity contribution in [3.63, 3.8) is 0 Å². The van der Waals surface area contributed by atoms with Gasteiger partial charge in [-0.3, -0.25) is 9.59 Å². The smallest absolute Gasteiger partial charge is 0.343 e. The van der Waals surface area contributed by atoms with Crippen LogP contribution in [0.4, 0.5) is 0 Å². The first kappa shape index (κ1) is 21.8. The molecule has 5 heterocycles. The molecule has 0 unspecified atom stereocenters. The first-order chi connectivity index (χ1) is 16.9. The minimum atomic E-state index is -1.91. The lowest BCUT2D eigenvalue weighted by atomic mass is 9.86. The van der Waals surface area contributed by atoms with Crippen LogP contribution >= 0.6 is 0 Å². The Morgan fingerprint density at radius 3 is 2.83 bits per heavy atom. The van der Waals surface area contributed by atoms with Gasteiger partial charge in [0.25, 0.3) is 5.56 Å². The summed E-state index contributed by atoms with van der Waals surface area (Å²) in [6.07, 6.45) is 0.822. The molecule has 3 N–H and O–H groups in total. The van der Waals surface area contributed by atoms with E-state index in [9.17, 15) is 24.6 Å². The average Bonchev–Trinajstić information content (AvgIpc) is 3.47. The number of benzene rings is 1. The van der Waals surface area contributed by atoms with E-state index in [2.05, 4.69) is 5.32 Å². The molecule has 0 aliphatic carbocycles. The summed E-state index contributed by atoms with van der Waals surface area (Å²) >= 11 is 0. The number of rotatable bonds is 4. The molecule has 0 radical (unpaired) electrons. The average molecular weight is 477 g/mol. The number of fused-ring (bicyclic) bond motifs is 6. The molecule has 0 saturated heterocycles. The number of carbonyl (C=O) groups excluding carboxylic acids is 2. The van der Waals surface area contributed by atoms with Gasteiger partial charge in [-0.05, 0) is 29.7 Å². The standard InChI is InChI=1S/C25H23N3O7/c1-2-25(33)17-6-19-22-15(9-28(19)23(31)16(17)11-35-24(25)32)14(8-26-21(30)10-29)13-5-12-3-4-34-20(12)7-18(13)27-22/h5-7,29,33H,2-4,8-11H2,1H3,(H,26,30)/t25-/m0/s1. The van der Waals surface area contributed by atoms with Crippen LogP contribution in [0.15, 0.2) is 23.0 Å². The van der Waals surface area contributed by atoms with Crippen LogP contribution in [0.2, 0.25) is 0 Å². The number of carbonyl (C=O) groups is 2. The number of ether oxygens (including phenoxy) is 2. The van der Waals surface area contributed by atoms with Crippen LogP contribution in [0.3, 0.4) is 0 Å². The van der Waals surface area contributed by atoms with Gasteiger partial charge in [-0.15, -0.1) is 0 Å². The van der Waals surface area contributed by atoms with E-state index in [4.69, 9.17) is 14.5 Å². The third kappa shape index (κ3) is 3.03. The zero-order valence-corrected chi connectivity index (χ0v) is 19.0. The van der Waals surface area contributed by atoms with E-state index in [0.717, 1.165) is 34.2 Å². The number of nitrogens with one attached hydrogen (secondary N) is 1. The molecule has 180 valence electrons. The maximum absolute atomic E-state index is 13.5. The number of hydrogen-bond acceptors (Lipinski definition) is 8. The van der Waals surface area contributed by atoms with Gasteiger partial charge in [0.05, 0.1) is 35.6 Å². The minimum Gasteiger partial charge on any atom is -0.493 e. The maximum atomic E-state index is 13.5. The van der Waals surface area contributed by atoms with Crippen molar-refractivity contribution in [2.75, 3.05) is 13.2 Å². The van der Waals surface area contributed by atoms with Gasteiger partial charge in [-0.25, -0.2) is 9.78 Å². The Morgan fingerprint density at radius 2 is 2.06 bits per heavy atom. The fraction of sp³-hybridized carbons (Fsp3) is 0.360. The molecule has 1 amide bonds. The van der Waals surface area contributed by atoms with Gasteiger partial charge >= 0.3 is 5.97 Å². The van der Waals surface area contributed by atoms with Gasteiger partial charge in [-0.2, -0.15) is 0 Å². The number of amides is 1. The van der Waals surface area contributed by atoms with Gasteiger partial charge in [0, 0.05) is 35.5 Å². The zero-order chi connectivity index (χ0) is 24.5. The number of nitrogens with zero attached hydrogens (tertiary/aromatic N) is 2. The topological polar surface area (TPSA) is 140 Å². The molecule has 3 aromatic rings. The maximum Gasteiger partial charge on any atom is 0.343 e. The van der Waals surface area contributed by atoms with Crippen LogP contribution in [0.25, 0.3) is 22.3 Å². The Labute approximate surface area is 199 Å². The van der Waals surface area contributed by atoms with Crippen LogP contribution in [-0.2, 0) is 46.0 Å². The fourth-order valence-electron chi connectivity index (χ4n) is 5.28. The molecule has 0 saturated carbocycles. The van der Waals surface area contributed by atoms with Gasteiger partial charge in [0.15, 0.2) is 5.60 Å². The molecule has 3 aliphatic rings. The number of pyridine rings is 2. The second kappa shape index (κ2) is 7.62. The van der Waals surface area contributed by atoms with E-state index in [-0.39, 0.29) is 42.8 Å². The first-order valence-corrected chi connectivity index (χ1v) is 11.5. The third-order valence-electron chi connectivity index (χ3n) is 7.22. The van der Waals surface area contributed by atoms with Crippen LogP contribution in [0.5, 0.6) is 5.75 Å². The lowest BCUT2D eigenvalue weighted by molar-refractivity contribution is -0.172. The SMILES string of the molecule is CC[C@@]1(O)C(=O)OCc2c1cc1n(c2=O)Cc2c-1nc1cc3c(cc1c2CNC(=O)CO)CCO3. The van der Waals surface area contributed by atoms with Gasteiger partial charge in [0.2, 0.25) is 5.91 Å². The van der Waals surface area contributed by atoms with Crippen molar-refractivity contribution in [3.8, 4) is 17.1 Å². The highest BCUT2D eigenvalue weighted by Crippen LogP contribution is 2.41. The number of aliphatic hydroxyl groups is 2. The summed E-state index contributed by atoms with van der Waals surface area (Å²) in [5.41, 5.74) is 2.50. The molecule has 0 spiro atoms. The number of esters is 1. The van der Waals surface area contributed by atoms with Crippen molar-refractivity contribution in [2.24, 2.45) is 0 Å². The minimum absolute atomic E-state index is 0.0572. The third-order valence-corrected chi connectivity index (χ3v) is 7.22.